The summed E-state index contributed by atoms with van der Waals surface area (Å²) in [4.78, 5) is 19.1. The van der Waals surface area contributed by atoms with Gasteiger partial charge in [-0.05, 0) is 0 Å². The second-order valence-corrected chi connectivity index (χ2v) is 3.78. The van der Waals surface area contributed by atoms with E-state index in [9.17, 15) is 4.79 Å². The molecule has 2 aromatic heterocycles. The molecule has 0 atom stereocenters. The van der Waals surface area contributed by atoms with Crippen molar-refractivity contribution in [2.75, 3.05) is 0 Å². The van der Waals surface area contributed by atoms with Gasteiger partial charge in [0, 0.05) is 5.38 Å². The summed E-state index contributed by atoms with van der Waals surface area (Å²) in [6, 6.07) is 0. The summed E-state index contributed by atoms with van der Waals surface area (Å²) >= 11 is 2.72. The number of carboxylic acids is 1. The fourth-order valence-electron chi connectivity index (χ4n) is 0.905. The number of nitrogens with zero attached hydrogens (tertiary/aromatic N) is 2. The number of aromatic carboxylic acids is 1. The first-order valence-electron chi connectivity index (χ1n) is 3.34. The van der Waals surface area contributed by atoms with E-state index in [1.807, 2.05) is 0 Å². The Kier molecular flexibility index (Phi) is 2.07. The molecule has 0 amide bonds. The van der Waals surface area contributed by atoms with Crippen LogP contribution in [0.2, 0.25) is 0 Å². The van der Waals surface area contributed by atoms with Crippen LogP contribution in [0.15, 0.2) is 16.4 Å². The summed E-state index contributed by atoms with van der Waals surface area (Å²) < 4.78 is 0. The largest absolute Gasteiger partial charge is 0.476 e. The van der Waals surface area contributed by atoms with Gasteiger partial charge in [-0.3, -0.25) is 0 Å². The molecular formula is C7H4N2O2S2. The Morgan fingerprint density at radius 3 is 2.85 bits per heavy atom. The van der Waals surface area contributed by atoms with Crippen molar-refractivity contribution in [3.63, 3.8) is 0 Å². The van der Waals surface area contributed by atoms with Crippen LogP contribution >= 0.6 is 22.7 Å². The van der Waals surface area contributed by atoms with Gasteiger partial charge in [-0.1, -0.05) is 0 Å². The summed E-state index contributed by atoms with van der Waals surface area (Å²) in [5, 5.41) is 10.6. The molecule has 0 aliphatic carbocycles. The average Bonchev–Trinajstić information content (AvgIpc) is 2.74. The first kappa shape index (κ1) is 8.33. The summed E-state index contributed by atoms with van der Waals surface area (Å²) in [6.07, 6.45) is 0. The Balaban J connectivity index is 2.52. The monoisotopic (exact) mass is 212 g/mol. The normalized spacial score (nSPS) is 10.2. The smallest absolute Gasteiger partial charge is 0.356 e. The van der Waals surface area contributed by atoms with Gasteiger partial charge in [0.2, 0.25) is 0 Å². The van der Waals surface area contributed by atoms with Crippen molar-refractivity contribution < 1.29 is 9.90 Å². The minimum Gasteiger partial charge on any atom is -0.476 e. The zero-order chi connectivity index (χ0) is 9.26. The number of hydrogen-bond acceptors (Lipinski definition) is 5. The summed E-state index contributed by atoms with van der Waals surface area (Å²) in [5.41, 5.74) is 3.94. The molecule has 0 bridgehead atoms. The van der Waals surface area contributed by atoms with Gasteiger partial charge < -0.3 is 5.11 Å². The van der Waals surface area contributed by atoms with Crippen LogP contribution in [0.4, 0.5) is 0 Å². The molecule has 0 aliphatic heterocycles. The third kappa shape index (κ3) is 1.45. The van der Waals surface area contributed by atoms with Gasteiger partial charge in [0.1, 0.15) is 0 Å². The highest BCUT2D eigenvalue weighted by Crippen LogP contribution is 2.26. The maximum atomic E-state index is 10.7. The van der Waals surface area contributed by atoms with E-state index >= 15 is 0 Å². The highest BCUT2D eigenvalue weighted by Gasteiger charge is 2.15. The van der Waals surface area contributed by atoms with Gasteiger partial charge >= 0.3 is 5.97 Å². The Labute approximate surface area is 81.5 Å². The molecule has 0 radical (unpaired) electrons. The molecule has 6 heteroatoms. The maximum Gasteiger partial charge on any atom is 0.356 e. The number of aromatic nitrogens is 2. The molecular weight excluding hydrogens is 208 g/mol. The molecule has 2 rings (SSSR count). The van der Waals surface area contributed by atoms with E-state index in [1.54, 1.807) is 10.9 Å². The van der Waals surface area contributed by atoms with E-state index in [0.29, 0.717) is 10.6 Å². The summed E-state index contributed by atoms with van der Waals surface area (Å²) in [5.74, 6) is -1.01. The standard InChI is InChI=1S/C7H4N2O2S2/c10-7(11)5-6(13-3-9-5)4-1-12-2-8-4/h1-3H,(H,10,11). The lowest BCUT2D eigenvalue weighted by Crippen LogP contribution is -1.98. The van der Waals surface area contributed by atoms with Crippen LogP contribution in [0.3, 0.4) is 0 Å². The predicted octanol–water partition coefficient (Wildman–Crippen LogP) is 1.96. The zero-order valence-corrected chi connectivity index (χ0v) is 7.93. The van der Waals surface area contributed by atoms with Gasteiger partial charge in [0.05, 0.1) is 21.6 Å². The van der Waals surface area contributed by atoms with E-state index in [0.717, 1.165) is 0 Å². The third-order valence-corrected chi connectivity index (χ3v) is 2.87. The van der Waals surface area contributed by atoms with Gasteiger partial charge in [-0.2, -0.15) is 0 Å². The maximum absolute atomic E-state index is 10.7. The lowest BCUT2D eigenvalue weighted by atomic mass is 10.3. The fourth-order valence-corrected chi connectivity index (χ4v) is 2.27. The SMILES string of the molecule is O=C(O)c1ncsc1-c1cscn1. The summed E-state index contributed by atoms with van der Waals surface area (Å²) in [7, 11) is 0. The molecule has 2 heterocycles. The molecule has 0 spiro atoms. The first-order valence-corrected chi connectivity index (χ1v) is 5.16. The van der Waals surface area contributed by atoms with Gasteiger partial charge in [0.15, 0.2) is 5.69 Å². The summed E-state index contributed by atoms with van der Waals surface area (Å²) in [6.45, 7) is 0. The molecule has 0 saturated carbocycles. The molecule has 2 aromatic rings. The lowest BCUT2D eigenvalue weighted by Gasteiger charge is -1.91. The number of thiazole rings is 2. The highest BCUT2D eigenvalue weighted by atomic mass is 32.1. The minimum atomic E-state index is -1.01. The molecule has 0 fully saturated rings. The molecule has 0 saturated heterocycles. The molecule has 66 valence electrons. The molecule has 0 aromatic carbocycles. The van der Waals surface area contributed by atoms with Crippen molar-refractivity contribution >= 4 is 28.6 Å². The number of carbonyl (C=O) groups is 1. The second kappa shape index (κ2) is 3.23. The quantitative estimate of drug-likeness (QED) is 0.826. The predicted molar refractivity (Wildman–Crippen MR) is 50.2 cm³/mol. The average molecular weight is 212 g/mol. The van der Waals surface area contributed by atoms with Crippen molar-refractivity contribution in [1.82, 2.24) is 9.97 Å². The number of carboxylic acid groups (broad SMARTS) is 1. The van der Waals surface area contributed by atoms with Crippen molar-refractivity contribution in [1.29, 1.82) is 0 Å². The van der Waals surface area contributed by atoms with E-state index in [1.165, 1.54) is 28.2 Å². The number of hydrogen-bond donors (Lipinski definition) is 1. The van der Waals surface area contributed by atoms with Crippen LogP contribution in [-0.4, -0.2) is 21.0 Å². The molecule has 1 N–H and O–H groups in total. The van der Waals surface area contributed by atoms with Crippen LogP contribution < -0.4 is 0 Å². The van der Waals surface area contributed by atoms with Crippen LogP contribution in [-0.2, 0) is 0 Å². The lowest BCUT2D eigenvalue weighted by molar-refractivity contribution is 0.0692. The van der Waals surface area contributed by atoms with Crippen LogP contribution in [0, 0.1) is 0 Å². The Bertz CT molecular complexity index is 421. The van der Waals surface area contributed by atoms with E-state index in [2.05, 4.69) is 9.97 Å². The minimum absolute atomic E-state index is 0.0795. The van der Waals surface area contributed by atoms with Gasteiger partial charge in [-0.15, -0.1) is 22.7 Å². The molecule has 0 aliphatic rings. The van der Waals surface area contributed by atoms with Crippen LogP contribution in [0.1, 0.15) is 10.5 Å². The number of rotatable bonds is 2. The van der Waals surface area contributed by atoms with Crippen LogP contribution in [0.5, 0.6) is 0 Å². The van der Waals surface area contributed by atoms with Gasteiger partial charge in [0.25, 0.3) is 0 Å². The Hall–Kier alpha value is -1.27. The fraction of sp³-hybridized carbons (Fsp3) is 0. The van der Waals surface area contributed by atoms with E-state index in [-0.39, 0.29) is 5.69 Å². The van der Waals surface area contributed by atoms with Crippen molar-refractivity contribution in [2.45, 2.75) is 0 Å². The van der Waals surface area contributed by atoms with Gasteiger partial charge in [-0.25, -0.2) is 14.8 Å². The van der Waals surface area contributed by atoms with Crippen molar-refractivity contribution in [3.8, 4) is 10.6 Å². The Morgan fingerprint density at radius 2 is 2.23 bits per heavy atom. The second-order valence-electron chi connectivity index (χ2n) is 2.21. The zero-order valence-electron chi connectivity index (χ0n) is 6.30. The molecule has 4 nitrogen and oxygen atoms in total. The molecule has 0 unspecified atom stereocenters. The first-order chi connectivity index (χ1) is 6.29. The topological polar surface area (TPSA) is 63.1 Å². The third-order valence-electron chi connectivity index (χ3n) is 1.43. The van der Waals surface area contributed by atoms with E-state index in [4.69, 9.17) is 5.11 Å². The van der Waals surface area contributed by atoms with E-state index < -0.39 is 5.97 Å². The molecule has 13 heavy (non-hydrogen) atoms. The van der Waals surface area contributed by atoms with Crippen molar-refractivity contribution in [2.24, 2.45) is 0 Å². The van der Waals surface area contributed by atoms with Crippen molar-refractivity contribution in [3.05, 3.63) is 22.1 Å². The van der Waals surface area contributed by atoms with Crippen LogP contribution in [0.25, 0.3) is 10.6 Å². The highest BCUT2D eigenvalue weighted by molar-refractivity contribution is 7.14. The Morgan fingerprint density at radius 1 is 1.38 bits per heavy atom.